The lowest BCUT2D eigenvalue weighted by Gasteiger charge is -2.27. The molecule has 6 heteroatoms. The number of nitrogens with one attached hydrogen (secondary N) is 2. The summed E-state index contributed by atoms with van der Waals surface area (Å²) in [5.41, 5.74) is 0.670. The maximum absolute atomic E-state index is 12.3. The molecule has 0 unspecified atom stereocenters. The second-order valence-electron chi connectivity index (χ2n) is 4.64. The number of sulfonamides is 1. The fourth-order valence-corrected chi connectivity index (χ4v) is 3.63. The molecule has 0 radical (unpaired) electrons. The van der Waals surface area contributed by atoms with Crippen molar-refractivity contribution < 1.29 is 8.42 Å². The monoisotopic (exact) mass is 259 g/mol. The molecule has 0 saturated heterocycles. The average molecular weight is 259 g/mol. The maximum atomic E-state index is 12.3. The first-order valence-corrected chi connectivity index (χ1v) is 7.29. The van der Waals surface area contributed by atoms with Crippen LogP contribution in [0.2, 0.25) is 0 Å². The molecule has 17 heavy (non-hydrogen) atoms. The fourth-order valence-electron chi connectivity index (χ4n) is 1.71. The number of aromatic nitrogens is 2. The lowest BCUT2D eigenvalue weighted by Crippen LogP contribution is -2.45. The van der Waals surface area contributed by atoms with E-state index in [1.165, 1.54) is 0 Å². The predicted octanol–water partition coefficient (Wildman–Crippen LogP) is 1.88. The van der Waals surface area contributed by atoms with Gasteiger partial charge in [-0.3, -0.25) is 5.10 Å². The highest BCUT2D eigenvalue weighted by Crippen LogP contribution is 2.22. The molecule has 0 atom stereocenters. The van der Waals surface area contributed by atoms with Crippen LogP contribution in [0.5, 0.6) is 0 Å². The van der Waals surface area contributed by atoms with E-state index < -0.39 is 15.6 Å². The number of nitrogens with zero attached hydrogens (tertiary/aromatic N) is 1. The zero-order chi connectivity index (χ0) is 13.3. The Morgan fingerprint density at radius 2 is 1.82 bits per heavy atom. The van der Waals surface area contributed by atoms with Crippen LogP contribution >= 0.6 is 0 Å². The largest absolute Gasteiger partial charge is 0.281 e. The van der Waals surface area contributed by atoms with Gasteiger partial charge in [-0.25, -0.2) is 13.1 Å². The molecule has 0 aromatic carbocycles. The Bertz CT molecular complexity index is 467. The SMILES string of the molecule is CCC(C)(CC)NS(=O)(=O)c1c(C)n[nH]c1C. The van der Waals surface area contributed by atoms with Crippen LogP contribution in [0, 0.1) is 13.8 Å². The third-order valence-electron chi connectivity index (χ3n) is 3.27. The molecule has 0 fully saturated rings. The summed E-state index contributed by atoms with van der Waals surface area (Å²) < 4.78 is 27.4. The van der Waals surface area contributed by atoms with Crippen molar-refractivity contribution in [3.8, 4) is 0 Å². The summed E-state index contributed by atoms with van der Waals surface area (Å²) in [7, 11) is -3.50. The highest BCUT2D eigenvalue weighted by atomic mass is 32.2. The lowest BCUT2D eigenvalue weighted by molar-refractivity contribution is 0.388. The molecule has 98 valence electrons. The van der Waals surface area contributed by atoms with E-state index in [4.69, 9.17) is 0 Å². The topological polar surface area (TPSA) is 74.8 Å². The molecule has 0 aliphatic rings. The summed E-state index contributed by atoms with van der Waals surface area (Å²) in [6, 6.07) is 0. The van der Waals surface area contributed by atoms with Gasteiger partial charge in [-0.15, -0.1) is 0 Å². The van der Waals surface area contributed by atoms with E-state index in [0.29, 0.717) is 11.4 Å². The molecule has 1 heterocycles. The minimum absolute atomic E-state index is 0.269. The molecule has 0 aliphatic heterocycles. The first-order valence-electron chi connectivity index (χ1n) is 5.81. The summed E-state index contributed by atoms with van der Waals surface area (Å²) in [5.74, 6) is 0. The van der Waals surface area contributed by atoms with Gasteiger partial charge in [-0.05, 0) is 33.6 Å². The van der Waals surface area contributed by atoms with Crippen LogP contribution < -0.4 is 4.72 Å². The van der Waals surface area contributed by atoms with Gasteiger partial charge in [0, 0.05) is 5.54 Å². The second kappa shape index (κ2) is 4.78. The van der Waals surface area contributed by atoms with Crippen LogP contribution in [0.3, 0.4) is 0 Å². The molecule has 0 bridgehead atoms. The molecule has 1 aromatic heterocycles. The van der Waals surface area contributed by atoms with Gasteiger partial charge in [0.1, 0.15) is 4.90 Å². The average Bonchev–Trinajstić information content (AvgIpc) is 2.58. The highest BCUT2D eigenvalue weighted by Gasteiger charge is 2.30. The van der Waals surface area contributed by atoms with Crippen molar-refractivity contribution in [3.63, 3.8) is 0 Å². The van der Waals surface area contributed by atoms with Crippen LogP contribution in [-0.2, 0) is 10.0 Å². The minimum Gasteiger partial charge on any atom is -0.281 e. The summed E-state index contributed by atoms with van der Waals surface area (Å²) in [4.78, 5) is 0.269. The molecular formula is C11H21N3O2S. The first-order chi connectivity index (χ1) is 7.75. The van der Waals surface area contributed by atoms with Gasteiger partial charge in [0.15, 0.2) is 0 Å². The highest BCUT2D eigenvalue weighted by molar-refractivity contribution is 7.89. The summed E-state index contributed by atoms with van der Waals surface area (Å²) in [6.07, 6.45) is 1.50. The van der Waals surface area contributed by atoms with E-state index in [2.05, 4.69) is 14.9 Å². The van der Waals surface area contributed by atoms with E-state index in [9.17, 15) is 8.42 Å². The van der Waals surface area contributed by atoms with E-state index in [1.54, 1.807) is 13.8 Å². The number of aromatic amines is 1. The van der Waals surface area contributed by atoms with Crippen LogP contribution in [0.4, 0.5) is 0 Å². The van der Waals surface area contributed by atoms with Gasteiger partial charge in [0.05, 0.1) is 11.4 Å². The van der Waals surface area contributed by atoms with Crippen molar-refractivity contribution in [3.05, 3.63) is 11.4 Å². The van der Waals surface area contributed by atoms with E-state index >= 15 is 0 Å². The number of hydrogen-bond acceptors (Lipinski definition) is 3. The predicted molar refractivity (Wildman–Crippen MR) is 67.4 cm³/mol. The number of rotatable bonds is 5. The van der Waals surface area contributed by atoms with Gasteiger partial charge >= 0.3 is 0 Å². The van der Waals surface area contributed by atoms with Gasteiger partial charge in [-0.1, -0.05) is 13.8 Å². The van der Waals surface area contributed by atoms with Crippen molar-refractivity contribution >= 4 is 10.0 Å². The zero-order valence-electron chi connectivity index (χ0n) is 11.1. The number of hydrogen-bond donors (Lipinski definition) is 2. The Balaban J connectivity index is 3.14. The van der Waals surface area contributed by atoms with Gasteiger partial charge in [0.25, 0.3) is 0 Å². The van der Waals surface area contributed by atoms with Crippen LogP contribution in [0.1, 0.15) is 45.0 Å². The molecular weight excluding hydrogens is 238 g/mol. The summed E-state index contributed by atoms with van der Waals surface area (Å²) >= 11 is 0. The Labute approximate surface area is 103 Å². The summed E-state index contributed by atoms with van der Waals surface area (Å²) in [5, 5.41) is 6.62. The number of aryl methyl sites for hydroxylation is 2. The van der Waals surface area contributed by atoms with Crippen molar-refractivity contribution in [1.29, 1.82) is 0 Å². The van der Waals surface area contributed by atoms with Crippen molar-refractivity contribution in [2.45, 2.75) is 57.9 Å². The Morgan fingerprint density at radius 1 is 1.29 bits per heavy atom. The van der Waals surface area contributed by atoms with Gasteiger partial charge in [-0.2, -0.15) is 5.10 Å². The smallest absolute Gasteiger partial charge is 0.244 e. The molecule has 0 spiro atoms. The van der Waals surface area contributed by atoms with Crippen molar-refractivity contribution in [2.75, 3.05) is 0 Å². The van der Waals surface area contributed by atoms with Crippen LogP contribution in [0.25, 0.3) is 0 Å². The zero-order valence-corrected chi connectivity index (χ0v) is 11.9. The van der Waals surface area contributed by atoms with E-state index in [-0.39, 0.29) is 4.90 Å². The Morgan fingerprint density at radius 3 is 2.18 bits per heavy atom. The molecule has 0 aliphatic carbocycles. The van der Waals surface area contributed by atoms with Gasteiger partial charge < -0.3 is 0 Å². The van der Waals surface area contributed by atoms with E-state index in [1.807, 2.05) is 20.8 Å². The number of H-pyrrole nitrogens is 1. The molecule has 0 saturated carbocycles. The minimum atomic E-state index is -3.50. The van der Waals surface area contributed by atoms with Crippen LogP contribution in [-0.4, -0.2) is 24.2 Å². The van der Waals surface area contributed by atoms with Crippen LogP contribution in [0.15, 0.2) is 4.90 Å². The lowest BCUT2D eigenvalue weighted by atomic mass is 9.98. The Hall–Kier alpha value is -0.880. The quantitative estimate of drug-likeness (QED) is 0.848. The van der Waals surface area contributed by atoms with Crippen molar-refractivity contribution in [2.24, 2.45) is 0 Å². The summed E-state index contributed by atoms with van der Waals surface area (Å²) in [6.45, 7) is 9.26. The molecule has 1 rings (SSSR count). The molecule has 0 amide bonds. The van der Waals surface area contributed by atoms with Gasteiger partial charge in [0.2, 0.25) is 10.0 Å². The fraction of sp³-hybridized carbons (Fsp3) is 0.727. The Kier molecular flexibility index (Phi) is 3.99. The normalized spacial score (nSPS) is 13.0. The third kappa shape index (κ3) is 2.87. The molecule has 2 N–H and O–H groups in total. The standard InChI is InChI=1S/C11H21N3O2S/c1-6-11(5,7-2)14-17(15,16)10-8(3)12-13-9(10)4/h14H,6-7H2,1-5H3,(H,12,13). The molecule has 5 nitrogen and oxygen atoms in total. The third-order valence-corrected chi connectivity index (χ3v) is 5.17. The maximum Gasteiger partial charge on any atom is 0.244 e. The molecule has 1 aromatic rings. The second-order valence-corrected chi connectivity index (χ2v) is 6.26. The van der Waals surface area contributed by atoms with Crippen molar-refractivity contribution in [1.82, 2.24) is 14.9 Å². The van der Waals surface area contributed by atoms with E-state index in [0.717, 1.165) is 12.8 Å². The first kappa shape index (κ1) is 14.2.